The summed E-state index contributed by atoms with van der Waals surface area (Å²) in [7, 11) is 0. The average Bonchev–Trinajstić information content (AvgIpc) is 3.37. The van der Waals surface area contributed by atoms with Crippen molar-refractivity contribution in [2.45, 2.75) is 24.6 Å². The van der Waals surface area contributed by atoms with Crippen molar-refractivity contribution in [1.82, 2.24) is 19.9 Å². The van der Waals surface area contributed by atoms with Crippen LogP contribution in [-0.2, 0) is 15.7 Å². The lowest BCUT2D eigenvalue weighted by Gasteiger charge is -2.44. The molecule has 3 aromatic heterocycles. The first-order valence-corrected chi connectivity index (χ1v) is 10.3. The predicted octanol–water partition coefficient (Wildman–Crippen LogP) is 2.96. The summed E-state index contributed by atoms with van der Waals surface area (Å²) in [5, 5.41) is 7.84. The fourth-order valence-corrected chi connectivity index (χ4v) is 4.78. The number of hydrogen-bond acceptors (Lipinski definition) is 6. The highest BCUT2D eigenvalue weighted by Gasteiger charge is 2.41. The van der Waals surface area contributed by atoms with E-state index in [1.165, 1.54) is 16.8 Å². The van der Waals surface area contributed by atoms with Crippen LogP contribution in [0.15, 0.2) is 30.5 Å². The van der Waals surface area contributed by atoms with Gasteiger partial charge in [-0.25, -0.2) is 9.50 Å². The van der Waals surface area contributed by atoms with Crippen molar-refractivity contribution in [1.29, 1.82) is 0 Å². The number of piperidine rings is 1. The number of ether oxygens (including phenoxy) is 1. The molecule has 1 amide bonds. The van der Waals surface area contributed by atoms with Gasteiger partial charge in [0, 0.05) is 0 Å². The highest BCUT2D eigenvalue weighted by atomic mass is 32.1. The van der Waals surface area contributed by atoms with Crippen LogP contribution in [0, 0.1) is 0 Å². The second-order valence-electron chi connectivity index (χ2n) is 7.47. The van der Waals surface area contributed by atoms with Crippen molar-refractivity contribution in [2.24, 2.45) is 0 Å². The van der Waals surface area contributed by atoms with E-state index in [4.69, 9.17) is 4.74 Å². The number of carbonyl (C=O) groups is 1. The van der Waals surface area contributed by atoms with Gasteiger partial charge in [-0.15, -0.1) is 16.4 Å². The van der Waals surface area contributed by atoms with Crippen LogP contribution >= 0.6 is 11.3 Å². The Bertz CT molecular complexity index is 1100. The number of morpholine rings is 1. The van der Waals surface area contributed by atoms with E-state index in [9.17, 15) is 18.0 Å². The summed E-state index contributed by atoms with van der Waals surface area (Å²) in [4.78, 5) is 18.1. The van der Waals surface area contributed by atoms with E-state index < -0.39 is 16.7 Å². The normalized spacial score (nSPS) is 19.7. The van der Waals surface area contributed by atoms with E-state index in [0.29, 0.717) is 39.9 Å². The van der Waals surface area contributed by atoms with Crippen molar-refractivity contribution < 1.29 is 22.7 Å². The maximum atomic E-state index is 13.0. The van der Waals surface area contributed by atoms with Crippen LogP contribution in [0.2, 0.25) is 0 Å². The first-order chi connectivity index (χ1) is 14.3. The van der Waals surface area contributed by atoms with Crippen LogP contribution in [0.25, 0.3) is 16.2 Å². The van der Waals surface area contributed by atoms with Gasteiger partial charge in [0.05, 0.1) is 23.2 Å². The van der Waals surface area contributed by atoms with Gasteiger partial charge < -0.3 is 10.1 Å². The molecule has 0 atom stereocenters. The van der Waals surface area contributed by atoms with Crippen molar-refractivity contribution in [3.63, 3.8) is 0 Å². The van der Waals surface area contributed by atoms with Crippen LogP contribution in [0.5, 0.6) is 0 Å². The highest BCUT2D eigenvalue weighted by molar-refractivity contribution is 7.15. The molecular weight excluding hydrogens is 419 g/mol. The molecule has 2 fully saturated rings. The Hall–Kier alpha value is -2.50. The summed E-state index contributed by atoms with van der Waals surface area (Å²) in [5.41, 5.74) is 0.542. The standard InChI is InChI=1S/C19H18F3N5O2S/c20-19(21,22)14-2-1-13(30-14)12-9-24-15-3-4-16(25-27(12)15)26-11-18(29-10-17(26)28)5-7-23-8-6-18/h1-4,9,23H,5-8,10-11H2. The molecular formula is C19H18F3N5O2S. The Morgan fingerprint density at radius 2 is 1.97 bits per heavy atom. The SMILES string of the molecule is O=C1COC2(CCNCC2)CN1c1ccc2ncc(-c3ccc(C(F)(F)F)s3)n2n1. The molecule has 0 aliphatic carbocycles. The number of rotatable bonds is 2. The fraction of sp³-hybridized carbons (Fsp3) is 0.421. The second kappa shape index (κ2) is 7.03. The Balaban J connectivity index is 1.51. The fourth-order valence-electron chi connectivity index (χ4n) is 3.91. The first kappa shape index (κ1) is 19.5. The molecule has 11 heteroatoms. The van der Waals surface area contributed by atoms with Gasteiger partial charge in [-0.05, 0) is 50.2 Å². The van der Waals surface area contributed by atoms with Gasteiger partial charge in [0.2, 0.25) is 0 Å². The number of alkyl halides is 3. The molecule has 0 saturated carbocycles. The quantitative estimate of drug-likeness (QED) is 0.668. The largest absolute Gasteiger partial charge is 0.425 e. The number of halogens is 3. The molecule has 0 aromatic carbocycles. The Kier molecular flexibility index (Phi) is 4.56. The number of anilines is 1. The predicted molar refractivity (Wildman–Crippen MR) is 104 cm³/mol. The van der Waals surface area contributed by atoms with Crippen LogP contribution < -0.4 is 10.2 Å². The molecule has 2 aliphatic heterocycles. The first-order valence-electron chi connectivity index (χ1n) is 9.52. The molecule has 0 unspecified atom stereocenters. The molecule has 5 rings (SSSR count). The number of nitrogens with one attached hydrogen (secondary N) is 1. The monoisotopic (exact) mass is 437 g/mol. The van der Waals surface area contributed by atoms with Crippen molar-refractivity contribution in [2.75, 3.05) is 31.1 Å². The minimum atomic E-state index is -4.40. The third-order valence-electron chi connectivity index (χ3n) is 5.53. The molecule has 158 valence electrons. The van der Waals surface area contributed by atoms with Crippen molar-refractivity contribution in [3.05, 3.63) is 35.3 Å². The number of fused-ring (bicyclic) bond motifs is 1. The third kappa shape index (κ3) is 3.36. The van der Waals surface area contributed by atoms with E-state index in [1.807, 2.05) is 0 Å². The van der Waals surface area contributed by atoms with Gasteiger partial charge in [0.1, 0.15) is 17.2 Å². The van der Waals surface area contributed by atoms with E-state index >= 15 is 0 Å². The second-order valence-corrected chi connectivity index (χ2v) is 8.55. The lowest BCUT2D eigenvalue weighted by atomic mass is 9.90. The molecule has 1 N–H and O–H groups in total. The summed E-state index contributed by atoms with van der Waals surface area (Å²) in [6.07, 6.45) is -1.31. The zero-order valence-corrected chi connectivity index (χ0v) is 16.6. The van der Waals surface area contributed by atoms with E-state index in [-0.39, 0.29) is 12.5 Å². The number of thiophene rings is 1. The zero-order chi connectivity index (χ0) is 20.9. The molecule has 5 heterocycles. The van der Waals surface area contributed by atoms with Gasteiger partial charge >= 0.3 is 6.18 Å². The number of hydrogen-bond donors (Lipinski definition) is 1. The number of amides is 1. The Labute approximate surface area is 173 Å². The summed E-state index contributed by atoms with van der Waals surface area (Å²) in [6.45, 7) is 2.02. The van der Waals surface area contributed by atoms with E-state index in [1.54, 1.807) is 17.0 Å². The smallest absolute Gasteiger partial charge is 0.363 e. The van der Waals surface area contributed by atoms with E-state index in [2.05, 4.69) is 15.4 Å². The lowest BCUT2D eigenvalue weighted by molar-refractivity contribution is -0.141. The van der Waals surface area contributed by atoms with Gasteiger partial charge in [0.25, 0.3) is 5.91 Å². The number of carbonyl (C=O) groups excluding carboxylic acids is 1. The Morgan fingerprint density at radius 1 is 1.17 bits per heavy atom. The highest BCUT2D eigenvalue weighted by Crippen LogP contribution is 2.38. The molecule has 3 aromatic rings. The van der Waals surface area contributed by atoms with Crippen molar-refractivity contribution in [3.8, 4) is 10.6 Å². The van der Waals surface area contributed by atoms with Crippen LogP contribution in [-0.4, -0.2) is 52.3 Å². The maximum Gasteiger partial charge on any atom is 0.425 e. The lowest BCUT2D eigenvalue weighted by Crippen LogP contribution is -2.58. The summed E-state index contributed by atoms with van der Waals surface area (Å²) < 4.78 is 46.4. The molecule has 0 radical (unpaired) electrons. The molecule has 0 bridgehead atoms. The Morgan fingerprint density at radius 3 is 2.70 bits per heavy atom. The van der Waals surface area contributed by atoms with Gasteiger partial charge in [-0.3, -0.25) is 9.69 Å². The molecule has 30 heavy (non-hydrogen) atoms. The maximum absolute atomic E-state index is 13.0. The molecule has 2 aliphatic rings. The van der Waals surface area contributed by atoms with Crippen molar-refractivity contribution >= 4 is 28.7 Å². The summed E-state index contributed by atoms with van der Waals surface area (Å²) in [5.74, 6) is 0.240. The molecule has 7 nitrogen and oxygen atoms in total. The summed E-state index contributed by atoms with van der Waals surface area (Å²) >= 11 is 0.639. The number of imidazole rings is 1. The van der Waals surface area contributed by atoms with Crippen LogP contribution in [0.3, 0.4) is 0 Å². The topological polar surface area (TPSA) is 71.8 Å². The molecule has 2 saturated heterocycles. The number of aromatic nitrogens is 3. The minimum absolute atomic E-state index is 0.0175. The van der Waals surface area contributed by atoms with Crippen LogP contribution in [0.4, 0.5) is 19.0 Å². The third-order valence-corrected chi connectivity index (χ3v) is 6.68. The zero-order valence-electron chi connectivity index (χ0n) is 15.8. The van der Waals surface area contributed by atoms with Gasteiger partial charge in [-0.1, -0.05) is 0 Å². The van der Waals surface area contributed by atoms with Gasteiger partial charge in [0.15, 0.2) is 11.5 Å². The molecule has 1 spiro atoms. The average molecular weight is 437 g/mol. The van der Waals surface area contributed by atoms with Gasteiger partial charge in [-0.2, -0.15) is 13.2 Å². The van der Waals surface area contributed by atoms with Crippen LogP contribution in [0.1, 0.15) is 17.7 Å². The number of nitrogens with zero attached hydrogens (tertiary/aromatic N) is 4. The minimum Gasteiger partial charge on any atom is -0.363 e. The van der Waals surface area contributed by atoms with E-state index in [0.717, 1.165) is 32.0 Å². The summed E-state index contributed by atoms with van der Waals surface area (Å²) in [6, 6.07) is 5.88.